The van der Waals surface area contributed by atoms with Crippen molar-refractivity contribution in [2.75, 3.05) is 21.3 Å². The molecule has 3 aromatic carbocycles. The Hall–Kier alpha value is -2.98. The summed E-state index contributed by atoms with van der Waals surface area (Å²) < 4.78 is 16.7. The molecule has 0 heterocycles. The van der Waals surface area contributed by atoms with E-state index in [1.807, 2.05) is 54.6 Å². The zero-order valence-electron chi connectivity index (χ0n) is 16.7. The Balaban J connectivity index is 1.91. The summed E-state index contributed by atoms with van der Waals surface area (Å²) in [6, 6.07) is 24.4. The average Bonchev–Trinajstić information content (AvgIpc) is 2.75. The van der Waals surface area contributed by atoms with E-state index < -0.39 is 0 Å². The molecule has 0 bridgehead atoms. The summed E-state index contributed by atoms with van der Waals surface area (Å²) in [5.41, 5.74) is 3.44. The molecule has 4 nitrogen and oxygen atoms in total. The van der Waals surface area contributed by atoms with Gasteiger partial charge in [0.1, 0.15) is 17.2 Å². The van der Waals surface area contributed by atoms with E-state index >= 15 is 0 Å². The zero-order chi connectivity index (χ0) is 19.8. The Morgan fingerprint density at radius 2 is 0.786 bits per heavy atom. The fourth-order valence-corrected chi connectivity index (χ4v) is 3.39. The van der Waals surface area contributed by atoms with Crippen molar-refractivity contribution in [3.05, 3.63) is 89.5 Å². The van der Waals surface area contributed by atoms with Crippen molar-refractivity contribution in [2.24, 2.45) is 0 Å². The van der Waals surface area contributed by atoms with Crippen LogP contribution in [-0.2, 0) is 19.6 Å². The fraction of sp³-hybridized carbons (Fsp3) is 0.250. The van der Waals surface area contributed by atoms with E-state index in [2.05, 4.69) is 23.1 Å². The third kappa shape index (κ3) is 4.84. The molecule has 28 heavy (non-hydrogen) atoms. The van der Waals surface area contributed by atoms with E-state index in [1.54, 1.807) is 21.3 Å². The van der Waals surface area contributed by atoms with Crippen LogP contribution in [0.3, 0.4) is 0 Å². The van der Waals surface area contributed by atoms with Gasteiger partial charge in [0.15, 0.2) is 0 Å². The molecule has 0 aromatic heterocycles. The first-order valence-corrected chi connectivity index (χ1v) is 9.33. The molecular formula is C24H27NO3. The van der Waals surface area contributed by atoms with Gasteiger partial charge >= 0.3 is 0 Å². The van der Waals surface area contributed by atoms with E-state index in [-0.39, 0.29) is 0 Å². The molecule has 0 saturated heterocycles. The zero-order valence-corrected chi connectivity index (χ0v) is 16.7. The van der Waals surface area contributed by atoms with E-state index in [0.29, 0.717) is 0 Å². The minimum atomic E-state index is 0.750. The number of ether oxygens (including phenoxy) is 3. The highest BCUT2D eigenvalue weighted by atomic mass is 16.5. The largest absolute Gasteiger partial charge is 0.496 e. The van der Waals surface area contributed by atoms with Crippen LogP contribution >= 0.6 is 0 Å². The third-order valence-electron chi connectivity index (χ3n) is 4.76. The van der Waals surface area contributed by atoms with Crippen molar-refractivity contribution in [1.82, 2.24) is 4.90 Å². The number of hydrogen-bond donors (Lipinski definition) is 0. The monoisotopic (exact) mass is 377 g/mol. The molecule has 0 unspecified atom stereocenters. The van der Waals surface area contributed by atoms with Gasteiger partial charge in [-0.25, -0.2) is 0 Å². The van der Waals surface area contributed by atoms with Gasteiger partial charge in [0.2, 0.25) is 0 Å². The maximum absolute atomic E-state index is 5.56. The van der Waals surface area contributed by atoms with Crippen LogP contribution in [0.15, 0.2) is 72.8 Å². The highest BCUT2D eigenvalue weighted by Crippen LogP contribution is 2.27. The van der Waals surface area contributed by atoms with Crippen LogP contribution in [0, 0.1) is 0 Å². The van der Waals surface area contributed by atoms with E-state index in [0.717, 1.165) is 53.6 Å². The molecule has 4 heteroatoms. The van der Waals surface area contributed by atoms with Crippen LogP contribution < -0.4 is 14.2 Å². The van der Waals surface area contributed by atoms with Gasteiger partial charge in [-0.15, -0.1) is 0 Å². The lowest BCUT2D eigenvalue weighted by atomic mass is 10.1. The number of benzene rings is 3. The third-order valence-corrected chi connectivity index (χ3v) is 4.76. The van der Waals surface area contributed by atoms with Crippen molar-refractivity contribution < 1.29 is 14.2 Å². The normalized spacial score (nSPS) is 10.7. The summed E-state index contributed by atoms with van der Waals surface area (Å²) in [5, 5.41) is 0. The smallest absolute Gasteiger partial charge is 0.123 e. The Labute approximate surface area is 167 Å². The molecule has 0 N–H and O–H groups in total. The molecule has 0 aliphatic heterocycles. The molecule has 0 fully saturated rings. The van der Waals surface area contributed by atoms with E-state index in [4.69, 9.17) is 14.2 Å². The van der Waals surface area contributed by atoms with Crippen molar-refractivity contribution in [1.29, 1.82) is 0 Å². The predicted molar refractivity (Wildman–Crippen MR) is 112 cm³/mol. The number of rotatable bonds is 9. The molecular weight excluding hydrogens is 350 g/mol. The first-order chi connectivity index (χ1) is 13.7. The molecule has 0 atom stereocenters. The average molecular weight is 377 g/mol. The lowest BCUT2D eigenvalue weighted by Crippen LogP contribution is -2.23. The van der Waals surface area contributed by atoms with Gasteiger partial charge < -0.3 is 14.2 Å². The van der Waals surface area contributed by atoms with Gasteiger partial charge in [0.05, 0.1) is 21.3 Å². The first-order valence-electron chi connectivity index (χ1n) is 9.33. The summed E-state index contributed by atoms with van der Waals surface area (Å²) in [5.74, 6) is 2.69. The summed E-state index contributed by atoms with van der Waals surface area (Å²) in [6.45, 7) is 2.25. The van der Waals surface area contributed by atoms with Gasteiger partial charge in [0.25, 0.3) is 0 Å². The maximum atomic E-state index is 5.56. The van der Waals surface area contributed by atoms with E-state index in [9.17, 15) is 0 Å². The van der Waals surface area contributed by atoms with Crippen molar-refractivity contribution in [2.45, 2.75) is 19.6 Å². The molecule has 3 rings (SSSR count). The maximum Gasteiger partial charge on any atom is 0.123 e. The molecule has 0 saturated carbocycles. The Morgan fingerprint density at radius 3 is 1.07 bits per heavy atom. The summed E-state index contributed by atoms with van der Waals surface area (Å²) >= 11 is 0. The molecule has 0 spiro atoms. The molecule has 0 amide bonds. The Morgan fingerprint density at radius 1 is 0.500 bits per heavy atom. The Bertz CT molecular complexity index is 777. The molecule has 3 aromatic rings. The van der Waals surface area contributed by atoms with Gasteiger partial charge in [-0.05, 0) is 18.2 Å². The minimum Gasteiger partial charge on any atom is -0.496 e. The number of hydrogen-bond acceptors (Lipinski definition) is 4. The summed E-state index contributed by atoms with van der Waals surface area (Å²) in [7, 11) is 5.14. The van der Waals surface area contributed by atoms with Crippen LogP contribution in [0.5, 0.6) is 17.2 Å². The van der Waals surface area contributed by atoms with Crippen LogP contribution in [-0.4, -0.2) is 26.2 Å². The predicted octanol–water partition coefficient (Wildman–Crippen LogP) is 4.91. The van der Waals surface area contributed by atoms with Crippen LogP contribution in [0.4, 0.5) is 0 Å². The summed E-state index contributed by atoms with van der Waals surface area (Å²) in [6.07, 6.45) is 0. The summed E-state index contributed by atoms with van der Waals surface area (Å²) in [4.78, 5) is 2.37. The van der Waals surface area contributed by atoms with Gasteiger partial charge in [-0.2, -0.15) is 0 Å². The molecule has 0 radical (unpaired) electrons. The highest BCUT2D eigenvalue weighted by molar-refractivity contribution is 5.37. The highest BCUT2D eigenvalue weighted by Gasteiger charge is 2.15. The van der Waals surface area contributed by atoms with Crippen LogP contribution in [0.25, 0.3) is 0 Å². The van der Waals surface area contributed by atoms with Crippen molar-refractivity contribution >= 4 is 0 Å². The second kappa shape index (κ2) is 9.81. The Kier molecular flexibility index (Phi) is 6.93. The lowest BCUT2D eigenvalue weighted by molar-refractivity contribution is 0.236. The second-order valence-corrected chi connectivity index (χ2v) is 6.58. The molecule has 0 aliphatic carbocycles. The van der Waals surface area contributed by atoms with Crippen LogP contribution in [0.1, 0.15) is 16.7 Å². The topological polar surface area (TPSA) is 30.9 Å². The molecule has 0 aliphatic rings. The standard InChI is InChI=1S/C24H27NO3/c1-26-22-13-7-4-10-19(22)16-25(17-20-11-5-8-14-23(20)27-2)18-21-12-6-9-15-24(21)28-3/h4-15H,16-18H2,1-3H3. The minimum absolute atomic E-state index is 0.750. The quantitative estimate of drug-likeness (QED) is 0.530. The van der Waals surface area contributed by atoms with Gasteiger partial charge in [-0.1, -0.05) is 54.6 Å². The van der Waals surface area contributed by atoms with Gasteiger partial charge in [-0.3, -0.25) is 4.90 Å². The SMILES string of the molecule is COc1ccccc1CN(Cc1ccccc1OC)Cc1ccccc1OC. The van der Waals surface area contributed by atoms with E-state index in [1.165, 1.54) is 0 Å². The first kappa shape index (κ1) is 19.8. The van der Waals surface area contributed by atoms with Gasteiger partial charge in [0, 0.05) is 36.3 Å². The molecule has 146 valence electrons. The van der Waals surface area contributed by atoms with Crippen LogP contribution in [0.2, 0.25) is 0 Å². The number of nitrogens with zero attached hydrogens (tertiary/aromatic N) is 1. The van der Waals surface area contributed by atoms with Crippen molar-refractivity contribution in [3.63, 3.8) is 0 Å². The number of methoxy groups -OCH3 is 3. The lowest BCUT2D eigenvalue weighted by Gasteiger charge is -2.25. The second-order valence-electron chi connectivity index (χ2n) is 6.58. The fourth-order valence-electron chi connectivity index (χ4n) is 3.39. The number of para-hydroxylation sites is 3. The van der Waals surface area contributed by atoms with Crippen molar-refractivity contribution in [3.8, 4) is 17.2 Å².